The Morgan fingerprint density at radius 3 is 2.91 bits per heavy atom. The molecule has 124 valence electrons. The minimum Gasteiger partial charge on any atom is -0.481 e. The fourth-order valence-corrected chi connectivity index (χ4v) is 3.79. The topological polar surface area (TPSA) is 86.7 Å². The maximum absolute atomic E-state index is 12.0. The maximum atomic E-state index is 12.0. The van der Waals surface area contributed by atoms with Gasteiger partial charge in [0, 0.05) is 17.2 Å². The van der Waals surface area contributed by atoms with Crippen molar-refractivity contribution in [2.45, 2.75) is 12.2 Å². The lowest BCUT2D eigenvalue weighted by Gasteiger charge is -2.14. The molecule has 0 saturated carbocycles. The molecule has 2 amide bonds. The highest BCUT2D eigenvalue weighted by Gasteiger charge is 2.22. The zero-order valence-electron chi connectivity index (χ0n) is 12.5. The quantitative estimate of drug-likeness (QED) is 0.693. The van der Waals surface area contributed by atoms with Crippen LogP contribution in [-0.4, -0.2) is 51.7 Å². The summed E-state index contributed by atoms with van der Waals surface area (Å²) < 4.78 is 0. The molecule has 0 spiro atoms. The molecule has 0 aromatic heterocycles. The third-order valence-corrected chi connectivity index (χ3v) is 5.08. The van der Waals surface area contributed by atoms with Crippen molar-refractivity contribution in [2.24, 2.45) is 0 Å². The van der Waals surface area contributed by atoms with E-state index in [0.717, 1.165) is 5.56 Å². The fraction of sp³-hybridized carbons (Fsp3) is 0.400. The molecule has 0 radical (unpaired) electrons. The Morgan fingerprint density at radius 2 is 2.22 bits per heavy atom. The summed E-state index contributed by atoms with van der Waals surface area (Å²) in [5, 5.41) is 11.4. The highest BCUT2D eigenvalue weighted by Crippen LogP contribution is 2.18. The molecule has 1 aromatic carbocycles. The van der Waals surface area contributed by atoms with E-state index in [-0.39, 0.29) is 24.8 Å². The molecule has 0 bridgehead atoms. The summed E-state index contributed by atoms with van der Waals surface area (Å²) in [6.07, 6.45) is 0.142. The normalized spacial score (nSPS) is 14.1. The minimum absolute atomic E-state index is 0.00580. The van der Waals surface area contributed by atoms with Crippen LogP contribution in [0.1, 0.15) is 12.0 Å². The number of nitrogens with one attached hydrogen (secondary N) is 1. The van der Waals surface area contributed by atoms with E-state index in [9.17, 15) is 14.4 Å². The van der Waals surface area contributed by atoms with Crippen LogP contribution in [0.15, 0.2) is 24.3 Å². The lowest BCUT2D eigenvalue weighted by molar-refractivity contribution is -0.136. The number of nitrogens with zero attached hydrogens (tertiary/aromatic N) is 1. The predicted octanol–water partition coefficient (Wildman–Crippen LogP) is 1.87. The van der Waals surface area contributed by atoms with Crippen LogP contribution in [0, 0.1) is 0 Å². The second-order valence-electron chi connectivity index (χ2n) is 5.01. The molecule has 6 nitrogen and oxygen atoms in total. The van der Waals surface area contributed by atoms with Crippen LogP contribution in [0.2, 0.25) is 0 Å². The van der Waals surface area contributed by atoms with Crippen LogP contribution in [0.5, 0.6) is 0 Å². The first-order chi connectivity index (χ1) is 11.0. The molecule has 2 N–H and O–H groups in total. The summed E-state index contributed by atoms with van der Waals surface area (Å²) >= 11 is 3.05. The van der Waals surface area contributed by atoms with Gasteiger partial charge in [-0.15, -0.1) is 11.8 Å². The van der Waals surface area contributed by atoms with Gasteiger partial charge in [0.15, 0.2) is 0 Å². The second-order valence-corrected chi connectivity index (χ2v) is 7.07. The van der Waals surface area contributed by atoms with Crippen LogP contribution in [0.3, 0.4) is 0 Å². The molecule has 0 unspecified atom stereocenters. The van der Waals surface area contributed by atoms with Crippen LogP contribution in [0.25, 0.3) is 0 Å². The van der Waals surface area contributed by atoms with Crippen molar-refractivity contribution in [3.63, 3.8) is 0 Å². The van der Waals surface area contributed by atoms with E-state index in [1.807, 2.05) is 18.2 Å². The average Bonchev–Trinajstić information content (AvgIpc) is 2.89. The number of benzene rings is 1. The molecule has 0 aliphatic carbocycles. The number of rotatable bonds is 8. The van der Waals surface area contributed by atoms with Gasteiger partial charge in [-0.25, -0.2) is 0 Å². The van der Waals surface area contributed by atoms with Crippen molar-refractivity contribution in [1.82, 2.24) is 4.90 Å². The van der Waals surface area contributed by atoms with Crippen LogP contribution < -0.4 is 5.32 Å². The Kier molecular flexibility index (Phi) is 6.79. The van der Waals surface area contributed by atoms with E-state index >= 15 is 0 Å². The molecule has 1 aliphatic heterocycles. The van der Waals surface area contributed by atoms with Crippen molar-refractivity contribution in [3.05, 3.63) is 29.8 Å². The van der Waals surface area contributed by atoms with Crippen molar-refractivity contribution < 1.29 is 19.5 Å². The van der Waals surface area contributed by atoms with Crippen molar-refractivity contribution >= 4 is 47.0 Å². The summed E-state index contributed by atoms with van der Waals surface area (Å²) in [4.78, 5) is 35.5. The highest BCUT2D eigenvalue weighted by molar-refractivity contribution is 8.00. The Labute approximate surface area is 143 Å². The number of hydrogen-bond donors (Lipinski definition) is 2. The Balaban J connectivity index is 1.80. The number of aliphatic carboxylic acids is 1. The van der Waals surface area contributed by atoms with Crippen LogP contribution >= 0.6 is 23.5 Å². The highest BCUT2D eigenvalue weighted by atomic mass is 32.2. The van der Waals surface area contributed by atoms with Crippen molar-refractivity contribution in [1.29, 1.82) is 0 Å². The lowest BCUT2D eigenvalue weighted by atomic mass is 10.2. The Bertz CT molecular complexity index is 595. The van der Waals surface area contributed by atoms with Gasteiger partial charge in [-0.1, -0.05) is 12.1 Å². The predicted molar refractivity (Wildman–Crippen MR) is 92.5 cm³/mol. The van der Waals surface area contributed by atoms with Gasteiger partial charge in [-0.3, -0.25) is 14.4 Å². The molecule has 0 atom stereocenters. The first-order valence-electron chi connectivity index (χ1n) is 7.08. The van der Waals surface area contributed by atoms with Gasteiger partial charge in [0.25, 0.3) is 0 Å². The third kappa shape index (κ3) is 6.15. The molecule has 1 aliphatic rings. The van der Waals surface area contributed by atoms with E-state index in [1.54, 1.807) is 6.07 Å². The summed E-state index contributed by atoms with van der Waals surface area (Å²) in [5.74, 6) is 1.24. The van der Waals surface area contributed by atoms with E-state index < -0.39 is 5.97 Å². The molecular formula is C15H18N2O4S2. The number of carbonyl (C=O) groups excluding carboxylic acids is 2. The zero-order chi connectivity index (χ0) is 16.7. The van der Waals surface area contributed by atoms with Gasteiger partial charge >= 0.3 is 5.97 Å². The van der Waals surface area contributed by atoms with E-state index in [2.05, 4.69) is 5.32 Å². The summed E-state index contributed by atoms with van der Waals surface area (Å²) in [7, 11) is 0. The molecule has 1 heterocycles. The minimum atomic E-state index is -0.798. The van der Waals surface area contributed by atoms with Gasteiger partial charge in [0.1, 0.15) is 6.54 Å². The standard InChI is InChI=1S/C15H18N2O4S2/c18-13(7-17-10-23-9-14(17)19)16-12-3-1-2-11(6-12)8-22-5-4-15(20)21/h1-3,6H,4-5,7-10H2,(H,16,18)(H,20,21). The fourth-order valence-electron chi connectivity index (χ4n) is 2.00. The van der Waals surface area contributed by atoms with E-state index in [4.69, 9.17) is 5.11 Å². The SMILES string of the molecule is O=C(O)CCSCc1cccc(NC(=O)CN2CSCC2=O)c1. The molecule has 1 aromatic rings. The van der Waals surface area contributed by atoms with E-state index in [1.165, 1.54) is 28.4 Å². The van der Waals surface area contributed by atoms with Gasteiger partial charge < -0.3 is 15.3 Å². The Morgan fingerprint density at radius 1 is 1.39 bits per heavy atom. The van der Waals surface area contributed by atoms with Gasteiger partial charge in [-0.2, -0.15) is 11.8 Å². The number of carboxylic acid groups (broad SMARTS) is 1. The number of amides is 2. The zero-order valence-corrected chi connectivity index (χ0v) is 14.1. The third-order valence-electron chi connectivity index (χ3n) is 3.10. The number of anilines is 1. The largest absolute Gasteiger partial charge is 0.481 e. The Hall–Kier alpha value is -1.67. The van der Waals surface area contributed by atoms with Gasteiger partial charge in [0.2, 0.25) is 11.8 Å². The molecule has 1 fully saturated rings. The van der Waals surface area contributed by atoms with E-state index in [0.29, 0.717) is 28.8 Å². The second kappa shape index (κ2) is 8.83. The molecule has 2 rings (SSSR count). The van der Waals surface area contributed by atoms with Crippen molar-refractivity contribution in [3.8, 4) is 0 Å². The first kappa shape index (κ1) is 17.7. The monoisotopic (exact) mass is 354 g/mol. The number of thioether (sulfide) groups is 2. The molecule has 23 heavy (non-hydrogen) atoms. The maximum Gasteiger partial charge on any atom is 0.304 e. The lowest BCUT2D eigenvalue weighted by Crippen LogP contribution is -2.34. The summed E-state index contributed by atoms with van der Waals surface area (Å²) in [5.41, 5.74) is 1.71. The number of carboxylic acids is 1. The first-order valence-corrected chi connectivity index (χ1v) is 9.39. The summed E-state index contributed by atoms with van der Waals surface area (Å²) in [6, 6.07) is 7.44. The molecule has 1 saturated heterocycles. The average molecular weight is 354 g/mol. The molecule has 8 heteroatoms. The van der Waals surface area contributed by atoms with Crippen LogP contribution in [0.4, 0.5) is 5.69 Å². The smallest absolute Gasteiger partial charge is 0.304 e. The molecular weight excluding hydrogens is 336 g/mol. The van der Waals surface area contributed by atoms with Gasteiger partial charge in [0.05, 0.1) is 18.1 Å². The van der Waals surface area contributed by atoms with Gasteiger partial charge in [-0.05, 0) is 17.7 Å². The summed E-state index contributed by atoms with van der Waals surface area (Å²) in [6.45, 7) is 0.0728. The number of carbonyl (C=O) groups is 3. The number of hydrogen-bond acceptors (Lipinski definition) is 5. The van der Waals surface area contributed by atoms with Crippen molar-refractivity contribution in [2.75, 3.05) is 29.2 Å². The van der Waals surface area contributed by atoms with Crippen LogP contribution in [-0.2, 0) is 20.1 Å².